The van der Waals surface area contributed by atoms with Gasteiger partial charge in [0.1, 0.15) is 5.84 Å². The minimum absolute atomic E-state index is 0.163. The second-order valence-electron chi connectivity index (χ2n) is 6.04. The molecule has 1 heterocycles. The van der Waals surface area contributed by atoms with Crippen LogP contribution in [0.15, 0.2) is 12.1 Å². The maximum absolute atomic E-state index is 11.3. The number of nitrogens with zero attached hydrogens (tertiary/aromatic N) is 1. The van der Waals surface area contributed by atoms with E-state index in [1.54, 1.807) is 6.07 Å². The molecule has 0 aromatic heterocycles. The van der Waals surface area contributed by atoms with Crippen LogP contribution in [0.1, 0.15) is 38.2 Å². The third kappa shape index (κ3) is 4.86. The first-order valence-corrected chi connectivity index (χ1v) is 8.32. The van der Waals surface area contributed by atoms with Crippen molar-refractivity contribution in [3.05, 3.63) is 17.7 Å². The number of amidine groups is 1. The smallest absolute Gasteiger partial charge is 0.221 e. The molecule has 7 nitrogen and oxygen atoms in total. The van der Waals surface area contributed by atoms with E-state index < -0.39 is 0 Å². The van der Waals surface area contributed by atoms with Gasteiger partial charge < -0.3 is 25.8 Å². The van der Waals surface area contributed by atoms with Crippen LogP contribution in [-0.2, 0) is 4.79 Å². The summed E-state index contributed by atoms with van der Waals surface area (Å²) in [7, 11) is 0. The molecule has 1 aromatic carbocycles. The predicted molar refractivity (Wildman–Crippen MR) is 93.8 cm³/mol. The number of aromatic hydroxyl groups is 1. The van der Waals surface area contributed by atoms with E-state index in [2.05, 4.69) is 10.2 Å². The Morgan fingerprint density at radius 2 is 2.08 bits per heavy atom. The average molecular weight is 334 g/mol. The van der Waals surface area contributed by atoms with Crippen molar-refractivity contribution in [2.45, 2.75) is 32.6 Å². The Morgan fingerprint density at radius 3 is 2.71 bits per heavy atom. The number of anilines is 1. The van der Waals surface area contributed by atoms with Gasteiger partial charge in [0.05, 0.1) is 17.9 Å². The van der Waals surface area contributed by atoms with E-state index in [1.807, 2.05) is 0 Å². The maximum atomic E-state index is 11.3. The van der Waals surface area contributed by atoms with Crippen LogP contribution in [0.2, 0.25) is 0 Å². The van der Waals surface area contributed by atoms with Crippen molar-refractivity contribution >= 4 is 17.4 Å². The summed E-state index contributed by atoms with van der Waals surface area (Å²) in [6.45, 7) is 5.00. The number of nitrogen functional groups attached to an aromatic ring is 1. The number of hydrogen-bond acceptors (Lipinski definition) is 5. The Labute approximate surface area is 142 Å². The summed E-state index contributed by atoms with van der Waals surface area (Å²) in [6.07, 6.45) is 4.62. The minimum Gasteiger partial charge on any atom is -0.504 e. The molecule has 24 heavy (non-hydrogen) atoms. The van der Waals surface area contributed by atoms with Crippen molar-refractivity contribution in [2.75, 3.05) is 31.6 Å². The van der Waals surface area contributed by atoms with Gasteiger partial charge in [-0.25, -0.2) is 0 Å². The van der Waals surface area contributed by atoms with Crippen LogP contribution in [0.3, 0.4) is 0 Å². The Balaban J connectivity index is 2.01. The molecule has 1 aliphatic rings. The van der Waals surface area contributed by atoms with Gasteiger partial charge in [0.15, 0.2) is 11.5 Å². The number of nitrogens with two attached hydrogens (primary N) is 1. The zero-order valence-electron chi connectivity index (χ0n) is 14.1. The number of nitrogens with one attached hydrogen (secondary N) is 2. The molecule has 1 amide bonds. The summed E-state index contributed by atoms with van der Waals surface area (Å²) in [4.78, 5) is 13.7. The minimum atomic E-state index is -0.261. The lowest BCUT2D eigenvalue weighted by Crippen LogP contribution is -2.31. The molecular weight excluding hydrogens is 308 g/mol. The van der Waals surface area contributed by atoms with Crippen LogP contribution in [0.25, 0.3) is 0 Å². The third-order valence-electron chi connectivity index (χ3n) is 4.05. The van der Waals surface area contributed by atoms with Crippen molar-refractivity contribution in [1.82, 2.24) is 4.90 Å². The van der Waals surface area contributed by atoms with Crippen LogP contribution in [0.4, 0.5) is 5.69 Å². The molecule has 0 spiro atoms. The van der Waals surface area contributed by atoms with Gasteiger partial charge in [0.2, 0.25) is 5.91 Å². The van der Waals surface area contributed by atoms with Gasteiger partial charge in [-0.2, -0.15) is 0 Å². The molecule has 2 rings (SSSR count). The zero-order valence-corrected chi connectivity index (χ0v) is 14.1. The van der Waals surface area contributed by atoms with E-state index in [9.17, 15) is 9.90 Å². The highest BCUT2D eigenvalue weighted by molar-refractivity contribution is 6.00. The zero-order chi connectivity index (χ0) is 17.5. The Hall–Kier alpha value is -2.28. The number of phenols is 1. The second-order valence-corrected chi connectivity index (χ2v) is 6.04. The third-order valence-corrected chi connectivity index (χ3v) is 4.05. The fourth-order valence-corrected chi connectivity index (χ4v) is 2.87. The molecule has 1 aromatic rings. The number of ether oxygens (including phenoxy) is 1. The molecule has 1 aliphatic heterocycles. The number of amides is 1. The average Bonchev–Trinajstić information content (AvgIpc) is 2.54. The number of carbonyl (C=O) groups is 1. The number of likely N-dealkylation sites (tertiary alicyclic amines) is 1. The summed E-state index contributed by atoms with van der Waals surface area (Å²) < 4.78 is 5.71. The van der Waals surface area contributed by atoms with Gasteiger partial charge in [0, 0.05) is 13.5 Å². The van der Waals surface area contributed by atoms with Crippen molar-refractivity contribution in [1.29, 1.82) is 5.41 Å². The Bertz CT molecular complexity index is 598. The van der Waals surface area contributed by atoms with Crippen molar-refractivity contribution in [3.8, 4) is 11.5 Å². The normalized spacial score (nSPS) is 15.0. The topological polar surface area (TPSA) is 112 Å². The molecule has 1 fully saturated rings. The molecule has 0 unspecified atom stereocenters. The monoisotopic (exact) mass is 334 g/mol. The summed E-state index contributed by atoms with van der Waals surface area (Å²) in [5, 5.41) is 20.4. The van der Waals surface area contributed by atoms with Crippen LogP contribution >= 0.6 is 0 Å². The highest BCUT2D eigenvalue weighted by atomic mass is 16.5. The summed E-state index contributed by atoms with van der Waals surface area (Å²) in [5.74, 6) is -0.563. The lowest BCUT2D eigenvalue weighted by Gasteiger charge is -2.26. The van der Waals surface area contributed by atoms with E-state index >= 15 is 0 Å². The molecule has 0 aliphatic carbocycles. The van der Waals surface area contributed by atoms with Gasteiger partial charge in [-0.15, -0.1) is 0 Å². The molecule has 0 saturated carbocycles. The molecule has 0 bridgehead atoms. The Morgan fingerprint density at radius 1 is 1.38 bits per heavy atom. The number of carbonyl (C=O) groups excluding carboxylic acids is 1. The fraction of sp³-hybridized carbons (Fsp3) is 0.529. The second kappa shape index (κ2) is 8.54. The molecule has 0 atom stereocenters. The van der Waals surface area contributed by atoms with E-state index in [1.165, 1.54) is 32.3 Å². The standard InChI is InChI=1S/C17H26N4O3/c1-12(22)20-14-7-6-13(17(18)19)15(23)16(14)24-11-5-10-21-8-3-2-4-9-21/h6-7,23H,2-5,8-11H2,1H3,(H3,18,19)(H,20,22). The van der Waals surface area contributed by atoms with Gasteiger partial charge in [0.25, 0.3) is 0 Å². The molecule has 7 heteroatoms. The van der Waals surface area contributed by atoms with E-state index in [-0.39, 0.29) is 28.8 Å². The quantitative estimate of drug-likeness (QED) is 0.346. The van der Waals surface area contributed by atoms with Gasteiger partial charge in [-0.05, 0) is 44.5 Å². The fourth-order valence-electron chi connectivity index (χ4n) is 2.87. The predicted octanol–water partition coefficient (Wildman–Crippen LogP) is 1.89. The first-order chi connectivity index (χ1) is 11.5. The molecule has 0 radical (unpaired) electrons. The van der Waals surface area contributed by atoms with Crippen molar-refractivity contribution in [3.63, 3.8) is 0 Å². The molecule has 1 saturated heterocycles. The SMILES string of the molecule is CC(=O)Nc1ccc(C(=N)N)c(O)c1OCCCN1CCCCC1. The van der Waals surface area contributed by atoms with Crippen LogP contribution in [0, 0.1) is 5.41 Å². The number of phenolic OH excluding ortho intramolecular Hbond substituents is 1. The molecular formula is C17H26N4O3. The van der Waals surface area contributed by atoms with Crippen molar-refractivity contribution < 1.29 is 14.6 Å². The summed E-state index contributed by atoms with van der Waals surface area (Å²) >= 11 is 0. The first kappa shape index (κ1) is 18.1. The summed E-state index contributed by atoms with van der Waals surface area (Å²) in [5.41, 5.74) is 6.03. The van der Waals surface area contributed by atoms with E-state index in [4.69, 9.17) is 15.9 Å². The Kier molecular flexibility index (Phi) is 6.43. The largest absolute Gasteiger partial charge is 0.504 e. The van der Waals surface area contributed by atoms with Crippen LogP contribution < -0.4 is 15.8 Å². The van der Waals surface area contributed by atoms with E-state index in [0.29, 0.717) is 12.3 Å². The number of rotatable bonds is 7. The van der Waals surface area contributed by atoms with E-state index in [0.717, 1.165) is 26.1 Å². The van der Waals surface area contributed by atoms with Crippen LogP contribution in [0.5, 0.6) is 11.5 Å². The molecule has 5 N–H and O–H groups in total. The number of benzene rings is 1. The lowest BCUT2D eigenvalue weighted by molar-refractivity contribution is -0.114. The highest BCUT2D eigenvalue weighted by Gasteiger charge is 2.17. The van der Waals surface area contributed by atoms with Gasteiger partial charge in [-0.1, -0.05) is 6.42 Å². The highest BCUT2D eigenvalue weighted by Crippen LogP contribution is 2.37. The first-order valence-electron chi connectivity index (χ1n) is 8.32. The van der Waals surface area contributed by atoms with Crippen LogP contribution in [-0.4, -0.2) is 48.0 Å². The molecule has 132 valence electrons. The maximum Gasteiger partial charge on any atom is 0.221 e. The summed E-state index contributed by atoms with van der Waals surface area (Å²) in [6, 6.07) is 3.07. The lowest BCUT2D eigenvalue weighted by atomic mass is 10.1. The number of piperidine rings is 1. The van der Waals surface area contributed by atoms with Gasteiger partial charge in [-0.3, -0.25) is 10.2 Å². The van der Waals surface area contributed by atoms with Crippen molar-refractivity contribution in [2.24, 2.45) is 5.73 Å². The number of hydrogen-bond donors (Lipinski definition) is 4. The van der Waals surface area contributed by atoms with Gasteiger partial charge >= 0.3 is 0 Å².